The Bertz CT molecular complexity index is 815. The van der Waals surface area contributed by atoms with Gasteiger partial charge in [-0.3, -0.25) is 0 Å². The maximum Gasteiger partial charge on any atom is 0.490 e. The zero-order valence-corrected chi connectivity index (χ0v) is 16.7. The molecule has 1 aliphatic heterocycles. The lowest BCUT2D eigenvalue weighted by molar-refractivity contribution is -0.192. The Labute approximate surface area is 167 Å². The quantitative estimate of drug-likeness (QED) is 0.824. The number of aliphatic carboxylic acids is 1. The molecule has 1 fully saturated rings. The number of hydrogen-bond donors (Lipinski definition) is 1. The summed E-state index contributed by atoms with van der Waals surface area (Å²) in [5, 5.41) is 11.2. The van der Waals surface area contributed by atoms with Gasteiger partial charge >= 0.3 is 12.1 Å². The Morgan fingerprint density at radius 1 is 1.17 bits per heavy atom. The van der Waals surface area contributed by atoms with Crippen LogP contribution in [0.15, 0.2) is 22.7 Å². The molecule has 0 bridgehead atoms. The first-order valence-electron chi connectivity index (χ1n) is 9.17. The Morgan fingerprint density at radius 2 is 1.79 bits per heavy atom. The Morgan fingerprint density at radius 3 is 2.34 bits per heavy atom. The van der Waals surface area contributed by atoms with Gasteiger partial charge in [0.25, 0.3) is 0 Å². The van der Waals surface area contributed by atoms with Crippen molar-refractivity contribution >= 4 is 5.97 Å². The Balaban J connectivity index is 0.000000370. The third-order valence-electron chi connectivity index (χ3n) is 4.71. The molecule has 1 aromatic carbocycles. The van der Waals surface area contributed by atoms with Crippen molar-refractivity contribution in [1.82, 2.24) is 19.9 Å². The van der Waals surface area contributed by atoms with Crippen LogP contribution in [0, 0.1) is 13.8 Å². The van der Waals surface area contributed by atoms with Gasteiger partial charge in [0, 0.05) is 44.7 Å². The summed E-state index contributed by atoms with van der Waals surface area (Å²) in [5.74, 6) is -1.34. The smallest absolute Gasteiger partial charge is 0.475 e. The van der Waals surface area contributed by atoms with E-state index in [9.17, 15) is 13.2 Å². The summed E-state index contributed by atoms with van der Waals surface area (Å²) in [6, 6.07) is 6.27. The molecule has 0 unspecified atom stereocenters. The fraction of sp³-hybridized carbons (Fsp3) is 0.526. The molecule has 160 valence electrons. The van der Waals surface area contributed by atoms with Crippen LogP contribution in [0.4, 0.5) is 13.2 Å². The highest BCUT2D eigenvalue weighted by molar-refractivity contribution is 5.73. The van der Waals surface area contributed by atoms with Crippen LogP contribution in [-0.2, 0) is 11.2 Å². The summed E-state index contributed by atoms with van der Waals surface area (Å²) in [4.78, 5) is 18.3. The second-order valence-electron chi connectivity index (χ2n) is 7.01. The van der Waals surface area contributed by atoms with Crippen LogP contribution in [0.25, 0.3) is 11.4 Å². The van der Waals surface area contributed by atoms with Crippen molar-refractivity contribution in [1.29, 1.82) is 0 Å². The summed E-state index contributed by atoms with van der Waals surface area (Å²) < 4.78 is 37.1. The lowest BCUT2D eigenvalue weighted by atomic mass is 10.1. The third-order valence-corrected chi connectivity index (χ3v) is 4.71. The van der Waals surface area contributed by atoms with Gasteiger partial charge in [-0.2, -0.15) is 18.2 Å². The van der Waals surface area contributed by atoms with Crippen molar-refractivity contribution in [2.45, 2.75) is 26.4 Å². The molecule has 1 saturated heterocycles. The minimum Gasteiger partial charge on any atom is -0.475 e. The highest BCUT2D eigenvalue weighted by Crippen LogP contribution is 2.19. The van der Waals surface area contributed by atoms with E-state index in [2.05, 4.69) is 59.0 Å². The fourth-order valence-corrected chi connectivity index (χ4v) is 2.68. The number of carboxylic acid groups (broad SMARTS) is 1. The van der Waals surface area contributed by atoms with Crippen molar-refractivity contribution < 1.29 is 27.6 Å². The fourth-order valence-electron chi connectivity index (χ4n) is 2.68. The number of benzene rings is 1. The maximum absolute atomic E-state index is 10.6. The highest BCUT2D eigenvalue weighted by atomic mass is 19.4. The molecule has 10 heteroatoms. The average molecular weight is 414 g/mol. The number of carbonyl (C=O) groups is 1. The molecule has 0 amide bonds. The third kappa shape index (κ3) is 7.13. The summed E-state index contributed by atoms with van der Waals surface area (Å²) in [7, 11) is 2.17. The largest absolute Gasteiger partial charge is 0.490 e. The van der Waals surface area contributed by atoms with Gasteiger partial charge in [0.1, 0.15) is 0 Å². The molecule has 0 aliphatic carbocycles. The number of nitrogens with zero attached hydrogens (tertiary/aromatic N) is 4. The molecule has 1 aromatic heterocycles. The predicted octanol–water partition coefficient (Wildman–Crippen LogP) is 2.78. The first kappa shape index (κ1) is 22.8. The van der Waals surface area contributed by atoms with E-state index < -0.39 is 12.1 Å². The zero-order valence-electron chi connectivity index (χ0n) is 16.7. The molecule has 0 spiro atoms. The van der Waals surface area contributed by atoms with E-state index in [0.717, 1.165) is 50.6 Å². The van der Waals surface area contributed by atoms with Crippen LogP contribution in [0.3, 0.4) is 0 Å². The van der Waals surface area contributed by atoms with Gasteiger partial charge in [0.05, 0.1) is 0 Å². The molecule has 0 saturated carbocycles. The maximum atomic E-state index is 10.6. The molecule has 1 aliphatic rings. The number of alkyl halides is 3. The second-order valence-corrected chi connectivity index (χ2v) is 7.01. The van der Waals surface area contributed by atoms with E-state index in [-0.39, 0.29) is 0 Å². The minimum absolute atomic E-state index is 0.691. The van der Waals surface area contributed by atoms with Crippen molar-refractivity contribution in [2.24, 2.45) is 0 Å². The van der Waals surface area contributed by atoms with Gasteiger partial charge < -0.3 is 19.4 Å². The number of halogens is 3. The van der Waals surface area contributed by atoms with Crippen LogP contribution in [0.2, 0.25) is 0 Å². The van der Waals surface area contributed by atoms with Crippen molar-refractivity contribution in [3.05, 3.63) is 35.2 Å². The summed E-state index contributed by atoms with van der Waals surface area (Å²) in [6.07, 6.45) is -4.26. The summed E-state index contributed by atoms with van der Waals surface area (Å²) in [6.45, 7) is 9.71. The van der Waals surface area contributed by atoms with E-state index in [0.29, 0.717) is 5.82 Å². The molecule has 2 aromatic rings. The number of piperazine rings is 1. The van der Waals surface area contributed by atoms with Crippen molar-refractivity contribution in [2.75, 3.05) is 39.8 Å². The number of likely N-dealkylation sites (N-methyl/N-ethyl adjacent to an activating group) is 1. The van der Waals surface area contributed by atoms with Gasteiger partial charge in [-0.15, -0.1) is 0 Å². The van der Waals surface area contributed by atoms with Crippen molar-refractivity contribution in [3.63, 3.8) is 0 Å². The molecule has 29 heavy (non-hydrogen) atoms. The number of rotatable bonds is 4. The van der Waals surface area contributed by atoms with Crippen LogP contribution >= 0.6 is 0 Å². The summed E-state index contributed by atoms with van der Waals surface area (Å²) in [5.41, 5.74) is 3.56. The van der Waals surface area contributed by atoms with Gasteiger partial charge in [-0.25, -0.2) is 4.79 Å². The molecule has 7 nitrogen and oxygen atoms in total. The lowest BCUT2D eigenvalue weighted by Gasteiger charge is -2.31. The van der Waals surface area contributed by atoms with Crippen LogP contribution in [-0.4, -0.2) is 77.0 Å². The standard InChI is InChI=1S/C17H24N4O.C2HF3O2/c1-13-4-5-15(12-14(13)2)17-18-16(22-19-17)6-7-21-10-8-20(3)9-11-21;3-2(4,5)1(6)7/h4-5,12H,6-11H2,1-3H3;(H,6,7). The predicted molar refractivity (Wildman–Crippen MR) is 101 cm³/mol. The van der Waals surface area contributed by atoms with E-state index in [1.54, 1.807) is 0 Å². The lowest BCUT2D eigenvalue weighted by Crippen LogP contribution is -2.45. The van der Waals surface area contributed by atoms with Gasteiger partial charge in [0.2, 0.25) is 11.7 Å². The molecule has 0 atom stereocenters. The average Bonchev–Trinajstić information content (AvgIpc) is 3.12. The van der Waals surface area contributed by atoms with E-state index in [1.807, 2.05) is 0 Å². The molecule has 2 heterocycles. The highest BCUT2D eigenvalue weighted by Gasteiger charge is 2.38. The normalized spacial score (nSPS) is 15.7. The van der Waals surface area contributed by atoms with Gasteiger partial charge in [-0.05, 0) is 38.1 Å². The van der Waals surface area contributed by atoms with Gasteiger partial charge in [-0.1, -0.05) is 17.3 Å². The van der Waals surface area contributed by atoms with Crippen LogP contribution in [0.5, 0.6) is 0 Å². The molecular weight excluding hydrogens is 389 g/mol. The molecule has 0 radical (unpaired) electrons. The number of aryl methyl sites for hydroxylation is 2. The second kappa shape index (κ2) is 9.84. The van der Waals surface area contributed by atoms with E-state index in [4.69, 9.17) is 14.4 Å². The topological polar surface area (TPSA) is 82.7 Å². The van der Waals surface area contributed by atoms with Gasteiger partial charge in [0.15, 0.2) is 0 Å². The van der Waals surface area contributed by atoms with Crippen LogP contribution in [0.1, 0.15) is 17.0 Å². The van der Waals surface area contributed by atoms with E-state index >= 15 is 0 Å². The minimum atomic E-state index is -5.08. The first-order chi connectivity index (χ1) is 13.6. The number of aromatic nitrogens is 2. The first-order valence-corrected chi connectivity index (χ1v) is 9.17. The monoisotopic (exact) mass is 414 g/mol. The summed E-state index contributed by atoms with van der Waals surface area (Å²) >= 11 is 0. The Hall–Kier alpha value is -2.46. The van der Waals surface area contributed by atoms with Crippen LogP contribution < -0.4 is 0 Å². The number of hydrogen-bond acceptors (Lipinski definition) is 6. The molecular formula is C19H25F3N4O3. The van der Waals surface area contributed by atoms with E-state index in [1.165, 1.54) is 11.1 Å². The zero-order chi connectivity index (χ0) is 21.6. The molecule has 1 N–H and O–H groups in total. The van der Waals surface area contributed by atoms with Crippen molar-refractivity contribution in [3.8, 4) is 11.4 Å². The SMILES string of the molecule is Cc1ccc(-c2noc(CCN3CCN(C)CC3)n2)cc1C.O=C(O)C(F)(F)F. The number of carboxylic acids is 1. The Kier molecular flexibility index (Phi) is 7.74. The molecule has 3 rings (SSSR count).